The molecule has 4 nitrogen and oxygen atoms in total. The lowest BCUT2D eigenvalue weighted by Crippen LogP contribution is -2.32. The van der Waals surface area contributed by atoms with Crippen LogP contribution >= 0.6 is 27.5 Å². The maximum Gasteiger partial charge on any atom is 0.152 e. The summed E-state index contributed by atoms with van der Waals surface area (Å²) in [5.41, 5.74) is 1.30. The van der Waals surface area contributed by atoms with E-state index in [2.05, 4.69) is 20.9 Å². The van der Waals surface area contributed by atoms with E-state index in [-0.39, 0.29) is 17.4 Å². The zero-order valence-electron chi connectivity index (χ0n) is 10.9. The van der Waals surface area contributed by atoms with Crippen LogP contribution in [0.25, 0.3) is 11.0 Å². The second-order valence-electron chi connectivity index (χ2n) is 5.47. The van der Waals surface area contributed by atoms with Crippen LogP contribution in [0.1, 0.15) is 19.2 Å². The number of hydrogen-bond acceptors (Lipinski definition) is 3. The van der Waals surface area contributed by atoms with E-state index in [0.29, 0.717) is 6.42 Å². The van der Waals surface area contributed by atoms with Crippen molar-refractivity contribution in [3.63, 3.8) is 0 Å². The van der Waals surface area contributed by atoms with Crippen LogP contribution in [0.2, 0.25) is 0 Å². The molecule has 2 heterocycles. The van der Waals surface area contributed by atoms with Gasteiger partial charge in [-0.3, -0.25) is 0 Å². The summed E-state index contributed by atoms with van der Waals surface area (Å²) in [5.74, 6) is 1.36. The summed E-state index contributed by atoms with van der Waals surface area (Å²) in [5, 5.41) is 0. The molecule has 0 amide bonds. The number of aromatic nitrogens is 2. The van der Waals surface area contributed by atoms with Gasteiger partial charge in [0.1, 0.15) is 5.82 Å². The number of benzene rings is 1. The van der Waals surface area contributed by atoms with Crippen molar-refractivity contribution in [1.82, 2.24) is 9.55 Å². The van der Waals surface area contributed by atoms with Gasteiger partial charge < -0.3 is 4.57 Å². The fourth-order valence-electron chi connectivity index (χ4n) is 2.97. The van der Waals surface area contributed by atoms with Crippen molar-refractivity contribution in [3.8, 4) is 0 Å². The number of fused-ring (bicyclic) bond motifs is 1. The summed E-state index contributed by atoms with van der Waals surface area (Å²) in [6.45, 7) is 1.97. The first-order valence-corrected chi connectivity index (χ1v) is 9.43. The fourth-order valence-corrected chi connectivity index (χ4v) is 5.61. The van der Waals surface area contributed by atoms with Gasteiger partial charge in [-0.2, -0.15) is 0 Å². The van der Waals surface area contributed by atoms with Gasteiger partial charge in [-0.25, -0.2) is 13.4 Å². The second-order valence-corrected chi connectivity index (χ2v) is 8.84. The van der Waals surface area contributed by atoms with Crippen molar-refractivity contribution in [2.75, 3.05) is 11.5 Å². The molecule has 0 spiro atoms. The molecule has 7 heteroatoms. The lowest BCUT2D eigenvalue weighted by molar-refractivity contribution is 0.367. The SMILES string of the molecule is CC1(n2c(CCl)nc3cc(Br)ccc32)CCS(=O)(=O)C1. The Hall–Kier alpha value is -0.590. The Bertz CT molecular complexity index is 787. The van der Waals surface area contributed by atoms with Crippen molar-refractivity contribution >= 4 is 48.4 Å². The topological polar surface area (TPSA) is 52.0 Å². The van der Waals surface area contributed by atoms with E-state index in [9.17, 15) is 8.42 Å². The average Bonchev–Trinajstić information content (AvgIpc) is 2.86. The molecule has 1 fully saturated rings. The molecule has 0 N–H and O–H groups in total. The standard InChI is InChI=1S/C13H14BrClN2O2S/c1-13(4-5-20(18,19)8-13)17-11-3-2-9(14)6-10(11)16-12(17)7-15/h2-3,6H,4-5,7-8H2,1H3. The van der Waals surface area contributed by atoms with Crippen LogP contribution in [0, 0.1) is 0 Å². The number of imidazole rings is 1. The summed E-state index contributed by atoms with van der Waals surface area (Å²) in [4.78, 5) is 4.54. The minimum Gasteiger partial charge on any atom is -0.320 e. The first kappa shape index (κ1) is 14.4. The first-order chi connectivity index (χ1) is 9.35. The summed E-state index contributed by atoms with van der Waals surface area (Å²) in [6, 6.07) is 5.82. The molecule has 1 atom stereocenters. The highest BCUT2D eigenvalue weighted by atomic mass is 79.9. The molecule has 0 bridgehead atoms. The Morgan fingerprint density at radius 1 is 1.50 bits per heavy atom. The molecule has 2 aromatic rings. The Morgan fingerprint density at radius 2 is 2.25 bits per heavy atom. The fraction of sp³-hybridized carbons (Fsp3) is 0.462. The highest BCUT2D eigenvalue weighted by Crippen LogP contribution is 2.36. The van der Waals surface area contributed by atoms with Crippen LogP contribution in [0.15, 0.2) is 22.7 Å². The average molecular weight is 378 g/mol. The van der Waals surface area contributed by atoms with Crippen LogP contribution in [0.4, 0.5) is 0 Å². The summed E-state index contributed by atoms with van der Waals surface area (Å²) >= 11 is 9.44. The largest absolute Gasteiger partial charge is 0.320 e. The summed E-state index contributed by atoms with van der Waals surface area (Å²) < 4.78 is 26.7. The van der Waals surface area contributed by atoms with Crippen LogP contribution in [0.5, 0.6) is 0 Å². The number of halogens is 2. The highest BCUT2D eigenvalue weighted by molar-refractivity contribution is 9.10. The van der Waals surface area contributed by atoms with Gasteiger partial charge in [0.05, 0.1) is 34.0 Å². The van der Waals surface area contributed by atoms with Crippen molar-refractivity contribution in [2.24, 2.45) is 0 Å². The van der Waals surface area contributed by atoms with Crippen molar-refractivity contribution < 1.29 is 8.42 Å². The number of sulfone groups is 1. The van der Waals surface area contributed by atoms with E-state index in [1.165, 1.54) is 0 Å². The molecule has 1 aromatic carbocycles. The van der Waals surface area contributed by atoms with Crippen LogP contribution in [-0.2, 0) is 21.3 Å². The second kappa shape index (κ2) is 4.71. The Morgan fingerprint density at radius 3 is 2.85 bits per heavy atom. The lowest BCUT2D eigenvalue weighted by Gasteiger charge is -2.27. The van der Waals surface area contributed by atoms with Gasteiger partial charge in [-0.1, -0.05) is 15.9 Å². The van der Waals surface area contributed by atoms with E-state index >= 15 is 0 Å². The quantitative estimate of drug-likeness (QED) is 0.756. The predicted octanol–water partition coefficient (Wildman–Crippen LogP) is 3.07. The predicted molar refractivity (Wildman–Crippen MR) is 83.9 cm³/mol. The molecule has 0 aliphatic carbocycles. The molecule has 108 valence electrons. The van der Waals surface area contributed by atoms with Gasteiger partial charge in [0.2, 0.25) is 0 Å². The molecule has 1 saturated heterocycles. The molecule has 1 unspecified atom stereocenters. The maximum atomic E-state index is 11.9. The number of rotatable bonds is 2. The Kier molecular flexibility index (Phi) is 3.38. The molecule has 0 radical (unpaired) electrons. The first-order valence-electron chi connectivity index (χ1n) is 6.28. The third kappa shape index (κ3) is 2.27. The van der Waals surface area contributed by atoms with Crippen LogP contribution in [0.3, 0.4) is 0 Å². The van der Waals surface area contributed by atoms with Gasteiger partial charge >= 0.3 is 0 Å². The van der Waals surface area contributed by atoms with E-state index in [1.54, 1.807) is 0 Å². The molecule has 1 aromatic heterocycles. The zero-order valence-corrected chi connectivity index (χ0v) is 14.1. The van der Waals surface area contributed by atoms with E-state index in [0.717, 1.165) is 21.3 Å². The smallest absolute Gasteiger partial charge is 0.152 e. The number of alkyl halides is 1. The molecule has 1 aliphatic heterocycles. The summed E-state index contributed by atoms with van der Waals surface area (Å²) in [6.07, 6.45) is 0.598. The monoisotopic (exact) mass is 376 g/mol. The van der Waals surface area contributed by atoms with Gasteiger partial charge in [0, 0.05) is 4.47 Å². The molecule has 20 heavy (non-hydrogen) atoms. The maximum absolute atomic E-state index is 11.9. The van der Waals surface area contributed by atoms with Crippen molar-refractivity contribution in [2.45, 2.75) is 24.8 Å². The van der Waals surface area contributed by atoms with Gasteiger partial charge in [-0.15, -0.1) is 11.6 Å². The normalized spacial score (nSPS) is 25.4. The van der Waals surface area contributed by atoms with Crippen LogP contribution < -0.4 is 0 Å². The Balaban J connectivity index is 2.25. The minimum atomic E-state index is -2.98. The van der Waals surface area contributed by atoms with Crippen molar-refractivity contribution in [1.29, 1.82) is 0 Å². The van der Waals surface area contributed by atoms with E-state index in [4.69, 9.17) is 11.6 Å². The van der Waals surface area contributed by atoms with Crippen molar-refractivity contribution in [3.05, 3.63) is 28.5 Å². The van der Waals surface area contributed by atoms with Gasteiger partial charge in [-0.05, 0) is 31.5 Å². The zero-order chi connectivity index (χ0) is 14.5. The number of hydrogen-bond donors (Lipinski definition) is 0. The summed E-state index contributed by atoms with van der Waals surface area (Å²) in [7, 11) is -2.98. The minimum absolute atomic E-state index is 0.144. The molecule has 1 aliphatic rings. The molecular weight excluding hydrogens is 364 g/mol. The van der Waals surface area contributed by atoms with Crippen LogP contribution in [-0.4, -0.2) is 29.5 Å². The third-order valence-corrected chi connectivity index (χ3v) is 6.45. The molecular formula is C13H14BrClN2O2S. The number of nitrogens with zero attached hydrogens (tertiary/aromatic N) is 2. The lowest BCUT2D eigenvalue weighted by atomic mass is 10.0. The van der Waals surface area contributed by atoms with E-state index in [1.807, 2.05) is 29.7 Å². The van der Waals surface area contributed by atoms with E-state index < -0.39 is 15.4 Å². The van der Waals surface area contributed by atoms with Gasteiger partial charge in [0.25, 0.3) is 0 Å². The molecule has 0 saturated carbocycles. The molecule has 3 rings (SSSR count). The third-order valence-electron chi connectivity index (χ3n) is 3.83. The Labute approximate surface area is 131 Å². The highest BCUT2D eigenvalue weighted by Gasteiger charge is 2.41. The van der Waals surface area contributed by atoms with Gasteiger partial charge in [0.15, 0.2) is 9.84 Å².